The number of nitrogens with one attached hydrogen (secondary N) is 1. The lowest BCUT2D eigenvalue weighted by Gasteiger charge is -2.31. The SMILES string of the molecule is O=C(N[S+]([O-])C1CC1)c1ccc2c(C3CCCCC3)c3n(c2c1)CC(C(=O)N1CCOCC1)CC1C=CC=CC31. The van der Waals surface area contributed by atoms with Crippen LogP contribution in [-0.2, 0) is 27.4 Å². The molecule has 0 spiro atoms. The van der Waals surface area contributed by atoms with Gasteiger partial charge < -0.3 is 18.8 Å². The van der Waals surface area contributed by atoms with E-state index in [2.05, 4.69) is 39.7 Å². The molecule has 4 unspecified atom stereocenters. The van der Waals surface area contributed by atoms with E-state index in [0.29, 0.717) is 44.3 Å². The monoisotopic (exact) mass is 561 g/mol. The Bertz CT molecular complexity index is 1350. The molecule has 40 heavy (non-hydrogen) atoms. The number of nitrogens with zero attached hydrogens (tertiary/aromatic N) is 2. The van der Waals surface area contributed by atoms with E-state index in [1.165, 1.54) is 48.7 Å². The standard InChI is InChI=1S/C32H39N3O4S/c36-31(33-40(38)25-11-12-25)23-10-13-27-28(19-23)35-20-24(32(37)34-14-16-39-17-15-34)18-22-8-4-5-9-26(22)30(35)29(27)21-6-2-1-3-7-21/h4-5,8-10,13,19,21-22,24-26H,1-3,6-7,11-12,14-18,20H2,(H,33,36). The number of morpholine rings is 1. The van der Waals surface area contributed by atoms with Gasteiger partial charge >= 0.3 is 0 Å². The summed E-state index contributed by atoms with van der Waals surface area (Å²) in [5.74, 6) is 0.745. The van der Waals surface area contributed by atoms with Gasteiger partial charge in [-0.15, -0.1) is 0 Å². The first-order valence-corrected chi connectivity index (χ1v) is 16.4. The Balaban J connectivity index is 1.34. The fourth-order valence-corrected chi connectivity index (χ4v) is 8.48. The highest BCUT2D eigenvalue weighted by Crippen LogP contribution is 2.48. The number of hydrogen-bond acceptors (Lipinski definition) is 4. The highest BCUT2D eigenvalue weighted by molar-refractivity contribution is 7.91. The zero-order valence-corrected chi connectivity index (χ0v) is 23.9. The Hall–Kier alpha value is -2.55. The maximum Gasteiger partial charge on any atom is 0.292 e. The average Bonchev–Trinajstić information content (AvgIpc) is 3.82. The van der Waals surface area contributed by atoms with Gasteiger partial charge in [-0.3, -0.25) is 9.59 Å². The van der Waals surface area contributed by atoms with Crippen molar-refractivity contribution < 1.29 is 18.9 Å². The molecule has 5 aliphatic rings. The number of aromatic nitrogens is 1. The van der Waals surface area contributed by atoms with E-state index in [0.717, 1.165) is 24.8 Å². The smallest absolute Gasteiger partial charge is 0.292 e. The molecule has 2 amide bonds. The average molecular weight is 562 g/mol. The zero-order chi connectivity index (χ0) is 27.2. The summed E-state index contributed by atoms with van der Waals surface area (Å²) in [7, 11) is 0. The van der Waals surface area contributed by atoms with Gasteiger partial charge in [0.1, 0.15) is 5.25 Å². The largest absolute Gasteiger partial charge is 0.593 e. The molecular formula is C32H39N3O4S. The van der Waals surface area contributed by atoms with Gasteiger partial charge in [-0.1, -0.05) is 49.6 Å². The van der Waals surface area contributed by atoms with Crippen molar-refractivity contribution in [1.29, 1.82) is 0 Å². The summed E-state index contributed by atoms with van der Waals surface area (Å²) in [5, 5.41) is 1.30. The molecule has 2 saturated carbocycles. The Morgan fingerprint density at radius 2 is 1.77 bits per heavy atom. The van der Waals surface area contributed by atoms with Gasteiger partial charge in [0, 0.05) is 60.6 Å². The first-order valence-electron chi connectivity index (χ1n) is 15.2. The number of carbonyl (C=O) groups excluding carboxylic acids is 2. The number of hydrogen-bond donors (Lipinski definition) is 1. The van der Waals surface area contributed by atoms with E-state index in [-0.39, 0.29) is 34.8 Å². The van der Waals surface area contributed by atoms with Gasteiger partial charge in [0.25, 0.3) is 5.91 Å². The lowest BCUT2D eigenvalue weighted by atomic mass is 9.76. The van der Waals surface area contributed by atoms with Crippen LogP contribution in [0.25, 0.3) is 10.9 Å². The Kier molecular flexibility index (Phi) is 7.27. The number of rotatable bonds is 5. The molecular weight excluding hydrogens is 522 g/mol. The summed E-state index contributed by atoms with van der Waals surface area (Å²) in [6.45, 7) is 3.10. The molecule has 2 aliphatic heterocycles. The third-order valence-corrected chi connectivity index (χ3v) is 11.1. The molecule has 0 radical (unpaired) electrons. The fraction of sp³-hybridized carbons (Fsp3) is 0.562. The Morgan fingerprint density at radius 1 is 1.00 bits per heavy atom. The van der Waals surface area contributed by atoms with Crippen LogP contribution in [-0.4, -0.2) is 57.4 Å². The highest BCUT2D eigenvalue weighted by atomic mass is 32.2. The molecule has 3 aliphatic carbocycles. The number of allylic oxidation sites excluding steroid dienone is 4. The number of benzene rings is 1. The normalized spacial score (nSPS) is 27.6. The summed E-state index contributed by atoms with van der Waals surface area (Å²) in [4.78, 5) is 29.1. The second kappa shape index (κ2) is 11.0. The summed E-state index contributed by atoms with van der Waals surface area (Å²) >= 11 is -1.33. The lowest BCUT2D eigenvalue weighted by Crippen LogP contribution is -2.44. The summed E-state index contributed by atoms with van der Waals surface area (Å²) < 4.78 is 23.1. The van der Waals surface area contributed by atoms with E-state index in [9.17, 15) is 14.1 Å². The minimum absolute atomic E-state index is 0.0881. The second-order valence-corrected chi connectivity index (χ2v) is 13.7. The number of ether oxygens (including phenoxy) is 1. The highest BCUT2D eigenvalue weighted by Gasteiger charge is 2.40. The second-order valence-electron chi connectivity index (χ2n) is 12.2. The van der Waals surface area contributed by atoms with Crippen molar-refractivity contribution in [2.75, 3.05) is 26.3 Å². The number of amides is 2. The minimum Gasteiger partial charge on any atom is -0.593 e. The lowest BCUT2D eigenvalue weighted by molar-refractivity contribution is -0.140. The van der Waals surface area contributed by atoms with Crippen molar-refractivity contribution in [1.82, 2.24) is 14.2 Å². The molecule has 4 atom stereocenters. The predicted octanol–water partition coefficient (Wildman–Crippen LogP) is 4.95. The molecule has 1 aromatic carbocycles. The van der Waals surface area contributed by atoms with Crippen molar-refractivity contribution >= 4 is 34.1 Å². The molecule has 3 fully saturated rings. The molecule has 1 saturated heterocycles. The first-order chi connectivity index (χ1) is 19.6. The van der Waals surface area contributed by atoms with Crippen LogP contribution in [0.5, 0.6) is 0 Å². The maximum atomic E-state index is 13.9. The van der Waals surface area contributed by atoms with E-state index in [1.807, 2.05) is 17.0 Å². The maximum absolute atomic E-state index is 13.9. The minimum atomic E-state index is -1.33. The van der Waals surface area contributed by atoms with Crippen molar-refractivity contribution in [2.24, 2.45) is 11.8 Å². The van der Waals surface area contributed by atoms with Crippen molar-refractivity contribution in [3.8, 4) is 0 Å². The molecule has 212 valence electrons. The van der Waals surface area contributed by atoms with Crippen LogP contribution in [0.3, 0.4) is 0 Å². The Morgan fingerprint density at radius 3 is 2.55 bits per heavy atom. The van der Waals surface area contributed by atoms with E-state index in [1.54, 1.807) is 0 Å². The van der Waals surface area contributed by atoms with Crippen molar-refractivity contribution in [3.63, 3.8) is 0 Å². The van der Waals surface area contributed by atoms with Crippen LogP contribution in [0.2, 0.25) is 0 Å². The quantitative estimate of drug-likeness (QED) is 0.524. The number of fused-ring (bicyclic) bond motifs is 5. The van der Waals surface area contributed by atoms with Crippen molar-refractivity contribution in [3.05, 3.63) is 59.3 Å². The fourth-order valence-electron chi connectivity index (χ4n) is 7.45. The van der Waals surface area contributed by atoms with Crippen LogP contribution in [0, 0.1) is 11.8 Å². The summed E-state index contributed by atoms with van der Waals surface area (Å²) in [5.41, 5.74) is 4.33. The molecule has 0 bridgehead atoms. The molecule has 1 aromatic heterocycles. The Labute approximate surface area is 239 Å². The molecule has 3 heterocycles. The van der Waals surface area contributed by atoms with Gasteiger partial charge in [0.15, 0.2) is 0 Å². The van der Waals surface area contributed by atoms with Crippen molar-refractivity contribution in [2.45, 2.75) is 75.0 Å². The summed E-state index contributed by atoms with van der Waals surface area (Å²) in [6.07, 6.45) is 17.7. The molecule has 8 heteroatoms. The van der Waals surface area contributed by atoms with Gasteiger partial charge in [-0.05, 0) is 48.8 Å². The van der Waals surface area contributed by atoms with Gasteiger partial charge in [0.05, 0.1) is 30.5 Å². The van der Waals surface area contributed by atoms with E-state index < -0.39 is 11.4 Å². The van der Waals surface area contributed by atoms with Crippen LogP contribution in [0.15, 0.2) is 42.5 Å². The van der Waals surface area contributed by atoms with Gasteiger partial charge in [-0.25, -0.2) is 0 Å². The van der Waals surface area contributed by atoms with E-state index in [4.69, 9.17) is 4.74 Å². The van der Waals surface area contributed by atoms with Gasteiger partial charge in [0.2, 0.25) is 5.91 Å². The first kappa shape index (κ1) is 26.4. The van der Waals surface area contributed by atoms with Crippen LogP contribution < -0.4 is 4.72 Å². The zero-order valence-electron chi connectivity index (χ0n) is 23.1. The van der Waals surface area contributed by atoms with E-state index >= 15 is 0 Å². The van der Waals surface area contributed by atoms with Crippen LogP contribution in [0.1, 0.15) is 84.8 Å². The third kappa shape index (κ3) is 4.92. The molecule has 7 nitrogen and oxygen atoms in total. The molecule has 2 aromatic rings. The third-order valence-electron chi connectivity index (χ3n) is 9.64. The molecule has 7 rings (SSSR count). The summed E-state index contributed by atoms with van der Waals surface area (Å²) in [6, 6.07) is 6.01. The van der Waals surface area contributed by atoms with Gasteiger partial charge in [-0.2, -0.15) is 4.72 Å². The number of carbonyl (C=O) groups is 2. The van der Waals surface area contributed by atoms with Crippen LogP contribution in [0.4, 0.5) is 0 Å². The topological polar surface area (TPSA) is 86.6 Å². The predicted molar refractivity (Wildman–Crippen MR) is 156 cm³/mol. The molecule has 1 N–H and O–H groups in total. The van der Waals surface area contributed by atoms with Crippen LogP contribution >= 0.6 is 0 Å².